The minimum atomic E-state index is 0.00119. The average molecular weight is 361 g/mol. The maximum atomic E-state index is 12.9. The fraction of sp³-hybridized carbons (Fsp3) is 0.318. The van der Waals surface area contributed by atoms with E-state index < -0.39 is 0 Å². The first kappa shape index (κ1) is 17.5. The highest BCUT2D eigenvalue weighted by Gasteiger charge is 2.26. The summed E-state index contributed by atoms with van der Waals surface area (Å²) in [6.45, 7) is 1.53. The lowest BCUT2D eigenvalue weighted by Gasteiger charge is -2.33. The number of methoxy groups -OCH3 is 1. The van der Waals surface area contributed by atoms with Crippen molar-refractivity contribution < 1.29 is 9.53 Å². The lowest BCUT2D eigenvalue weighted by molar-refractivity contribution is 0.0669. The molecule has 0 bridgehead atoms. The van der Waals surface area contributed by atoms with Gasteiger partial charge in [0.25, 0.3) is 5.91 Å². The van der Waals surface area contributed by atoms with Crippen LogP contribution in [0.5, 0.6) is 5.88 Å². The Balaban J connectivity index is 1.48. The summed E-state index contributed by atoms with van der Waals surface area (Å²) in [7, 11) is 1.55. The van der Waals surface area contributed by atoms with E-state index in [0.29, 0.717) is 17.4 Å². The largest absolute Gasteiger partial charge is 0.480 e. The SMILES string of the molecule is COc1ncccc1C(=O)N1CCC[C@@H](Cc2cnc3ccccc3c2)C1. The van der Waals surface area contributed by atoms with Crippen molar-refractivity contribution in [3.05, 3.63) is 66.0 Å². The van der Waals surface area contributed by atoms with Crippen molar-refractivity contribution >= 4 is 16.8 Å². The van der Waals surface area contributed by atoms with Crippen molar-refractivity contribution in [1.82, 2.24) is 14.9 Å². The average Bonchev–Trinajstić information content (AvgIpc) is 2.73. The fourth-order valence-electron chi connectivity index (χ4n) is 3.86. The van der Waals surface area contributed by atoms with Crippen molar-refractivity contribution in [3.8, 4) is 5.88 Å². The number of benzene rings is 1. The number of amides is 1. The molecule has 1 atom stereocenters. The highest BCUT2D eigenvalue weighted by atomic mass is 16.5. The molecule has 5 heteroatoms. The second kappa shape index (κ2) is 7.74. The first-order valence-electron chi connectivity index (χ1n) is 9.36. The highest BCUT2D eigenvalue weighted by molar-refractivity contribution is 5.96. The van der Waals surface area contributed by atoms with Gasteiger partial charge in [0.1, 0.15) is 5.56 Å². The summed E-state index contributed by atoms with van der Waals surface area (Å²) < 4.78 is 5.25. The van der Waals surface area contributed by atoms with E-state index in [-0.39, 0.29) is 5.91 Å². The molecule has 1 saturated heterocycles. The molecule has 0 radical (unpaired) electrons. The Labute approximate surface area is 159 Å². The Morgan fingerprint density at radius 1 is 1.22 bits per heavy atom. The maximum absolute atomic E-state index is 12.9. The molecule has 1 aliphatic heterocycles. The van der Waals surface area contributed by atoms with Gasteiger partial charge in [-0.15, -0.1) is 0 Å². The van der Waals surface area contributed by atoms with Gasteiger partial charge in [-0.05, 0) is 55.0 Å². The van der Waals surface area contributed by atoms with Crippen molar-refractivity contribution in [2.75, 3.05) is 20.2 Å². The molecule has 1 fully saturated rings. The minimum absolute atomic E-state index is 0.00119. The van der Waals surface area contributed by atoms with Crippen LogP contribution in [-0.4, -0.2) is 41.0 Å². The van der Waals surface area contributed by atoms with Gasteiger partial charge in [0.15, 0.2) is 0 Å². The number of hydrogen-bond acceptors (Lipinski definition) is 4. The van der Waals surface area contributed by atoms with Crippen molar-refractivity contribution in [1.29, 1.82) is 0 Å². The fourth-order valence-corrected chi connectivity index (χ4v) is 3.86. The van der Waals surface area contributed by atoms with Gasteiger partial charge in [0.05, 0.1) is 12.6 Å². The van der Waals surface area contributed by atoms with Crippen LogP contribution in [0, 0.1) is 5.92 Å². The van der Waals surface area contributed by atoms with E-state index in [4.69, 9.17) is 4.74 Å². The van der Waals surface area contributed by atoms with E-state index in [1.807, 2.05) is 29.3 Å². The van der Waals surface area contributed by atoms with Crippen LogP contribution in [0.25, 0.3) is 10.9 Å². The summed E-state index contributed by atoms with van der Waals surface area (Å²) in [5.74, 6) is 0.831. The lowest BCUT2D eigenvalue weighted by atomic mass is 9.91. The van der Waals surface area contributed by atoms with Crippen LogP contribution in [0.2, 0.25) is 0 Å². The monoisotopic (exact) mass is 361 g/mol. The molecule has 0 saturated carbocycles. The van der Waals surface area contributed by atoms with Crippen LogP contribution >= 0.6 is 0 Å². The maximum Gasteiger partial charge on any atom is 0.259 e. The van der Waals surface area contributed by atoms with E-state index >= 15 is 0 Å². The Kier molecular flexibility index (Phi) is 5.01. The number of pyridine rings is 2. The molecular weight excluding hydrogens is 338 g/mol. The summed E-state index contributed by atoms with van der Waals surface area (Å²) >= 11 is 0. The normalized spacial score (nSPS) is 17.1. The second-order valence-electron chi connectivity index (χ2n) is 7.06. The molecule has 0 unspecified atom stereocenters. The number of ether oxygens (including phenoxy) is 1. The van der Waals surface area contributed by atoms with Crippen LogP contribution in [0.15, 0.2) is 54.9 Å². The number of carbonyl (C=O) groups is 1. The van der Waals surface area contributed by atoms with Crippen LogP contribution in [0.4, 0.5) is 0 Å². The van der Waals surface area contributed by atoms with Gasteiger partial charge in [-0.25, -0.2) is 4.98 Å². The molecule has 138 valence electrons. The summed E-state index contributed by atoms with van der Waals surface area (Å²) in [5.41, 5.74) is 2.78. The number of piperidine rings is 1. The quantitative estimate of drug-likeness (QED) is 0.710. The zero-order valence-electron chi connectivity index (χ0n) is 15.5. The minimum Gasteiger partial charge on any atom is -0.480 e. The van der Waals surface area contributed by atoms with Gasteiger partial charge in [-0.2, -0.15) is 0 Å². The van der Waals surface area contributed by atoms with Crippen molar-refractivity contribution in [2.45, 2.75) is 19.3 Å². The van der Waals surface area contributed by atoms with Gasteiger partial charge in [-0.1, -0.05) is 18.2 Å². The molecule has 3 heterocycles. The Bertz CT molecular complexity index is 957. The third-order valence-corrected chi connectivity index (χ3v) is 5.17. The van der Waals surface area contributed by atoms with Gasteiger partial charge in [-0.3, -0.25) is 9.78 Å². The third kappa shape index (κ3) is 3.77. The molecule has 4 rings (SSSR count). The number of rotatable bonds is 4. The molecule has 5 nitrogen and oxygen atoms in total. The zero-order chi connectivity index (χ0) is 18.6. The van der Waals surface area contributed by atoms with Crippen LogP contribution in [0.1, 0.15) is 28.8 Å². The van der Waals surface area contributed by atoms with Crippen LogP contribution in [0.3, 0.4) is 0 Å². The van der Waals surface area contributed by atoms with Gasteiger partial charge in [0.2, 0.25) is 5.88 Å². The zero-order valence-corrected chi connectivity index (χ0v) is 15.5. The van der Waals surface area contributed by atoms with E-state index in [0.717, 1.165) is 37.9 Å². The van der Waals surface area contributed by atoms with E-state index in [9.17, 15) is 4.79 Å². The number of nitrogens with zero attached hydrogens (tertiary/aromatic N) is 3. The molecule has 0 N–H and O–H groups in total. The van der Waals surface area contributed by atoms with Crippen LogP contribution < -0.4 is 4.74 Å². The number of para-hydroxylation sites is 1. The number of fused-ring (bicyclic) bond motifs is 1. The summed E-state index contributed by atoms with van der Waals surface area (Å²) in [6.07, 6.45) is 6.68. The number of likely N-dealkylation sites (tertiary alicyclic amines) is 1. The first-order chi connectivity index (χ1) is 13.2. The number of carbonyl (C=O) groups excluding carboxylic acids is 1. The van der Waals surface area contributed by atoms with E-state index in [1.165, 1.54) is 10.9 Å². The molecule has 1 aromatic carbocycles. The van der Waals surface area contributed by atoms with Crippen molar-refractivity contribution in [2.24, 2.45) is 5.92 Å². The molecule has 3 aromatic rings. The predicted octanol–water partition coefficient (Wildman–Crippen LogP) is 3.73. The predicted molar refractivity (Wildman–Crippen MR) is 105 cm³/mol. The van der Waals surface area contributed by atoms with Gasteiger partial charge < -0.3 is 9.64 Å². The molecule has 1 aliphatic rings. The summed E-state index contributed by atoms with van der Waals surface area (Å²) in [5, 5.41) is 1.17. The lowest BCUT2D eigenvalue weighted by Crippen LogP contribution is -2.40. The number of hydrogen-bond donors (Lipinski definition) is 0. The molecule has 1 amide bonds. The Morgan fingerprint density at radius 3 is 3.00 bits per heavy atom. The van der Waals surface area contributed by atoms with Crippen molar-refractivity contribution in [3.63, 3.8) is 0 Å². The smallest absolute Gasteiger partial charge is 0.259 e. The molecular formula is C22H23N3O2. The second-order valence-corrected chi connectivity index (χ2v) is 7.06. The summed E-state index contributed by atoms with van der Waals surface area (Å²) in [6, 6.07) is 13.9. The van der Waals surface area contributed by atoms with E-state index in [2.05, 4.69) is 22.1 Å². The first-order valence-corrected chi connectivity index (χ1v) is 9.36. The molecule has 0 aliphatic carbocycles. The molecule has 27 heavy (non-hydrogen) atoms. The van der Waals surface area contributed by atoms with Gasteiger partial charge in [0, 0.05) is 30.9 Å². The third-order valence-electron chi connectivity index (χ3n) is 5.17. The standard InChI is InChI=1S/C22H23N3O2/c1-27-21-19(8-4-10-23-21)22(26)25-11-5-6-16(15-25)12-17-13-18-7-2-3-9-20(18)24-14-17/h2-4,7-10,13-14,16H,5-6,11-12,15H2,1H3/t16-/m0/s1. The Hall–Kier alpha value is -2.95. The van der Waals surface area contributed by atoms with Gasteiger partial charge >= 0.3 is 0 Å². The highest BCUT2D eigenvalue weighted by Crippen LogP contribution is 2.25. The molecule has 0 spiro atoms. The van der Waals surface area contributed by atoms with Crippen LogP contribution in [-0.2, 0) is 6.42 Å². The summed E-state index contributed by atoms with van der Waals surface area (Å²) in [4.78, 5) is 23.6. The molecule has 2 aromatic heterocycles. The number of aromatic nitrogens is 2. The topological polar surface area (TPSA) is 55.3 Å². The van der Waals surface area contributed by atoms with E-state index in [1.54, 1.807) is 25.4 Å². The Morgan fingerprint density at radius 2 is 2.11 bits per heavy atom.